The Hall–Kier alpha value is -2.56. The Kier molecular flexibility index (Phi) is 4.12. The predicted octanol–water partition coefficient (Wildman–Crippen LogP) is 1.75. The first-order chi connectivity index (χ1) is 9.91. The van der Waals surface area contributed by atoms with E-state index in [1.165, 1.54) is 4.90 Å². The second-order valence-electron chi connectivity index (χ2n) is 5.11. The van der Waals surface area contributed by atoms with Crippen LogP contribution in [0.3, 0.4) is 0 Å². The number of rotatable bonds is 3. The zero-order valence-corrected chi connectivity index (χ0v) is 12.3. The normalized spacial score (nSPS) is 12.0. The van der Waals surface area contributed by atoms with Gasteiger partial charge in [-0.2, -0.15) is 0 Å². The number of carbonyl (C=O) groups is 2. The lowest BCUT2D eigenvalue weighted by Gasteiger charge is -2.18. The highest BCUT2D eigenvalue weighted by atomic mass is 16.3. The van der Waals surface area contributed by atoms with Crippen LogP contribution in [0.15, 0.2) is 36.4 Å². The number of carbonyl (C=O) groups excluding carboxylic acids is 2. The summed E-state index contributed by atoms with van der Waals surface area (Å²) >= 11 is 0. The minimum Gasteiger partial charge on any atom is -0.506 e. The third-order valence-electron chi connectivity index (χ3n) is 3.30. The Balaban J connectivity index is 2.28. The summed E-state index contributed by atoms with van der Waals surface area (Å²) in [5.41, 5.74) is 0.159. The summed E-state index contributed by atoms with van der Waals surface area (Å²) in [7, 11) is 3.25. The minimum absolute atomic E-state index is 0.0740. The summed E-state index contributed by atoms with van der Waals surface area (Å²) < 4.78 is 0. The van der Waals surface area contributed by atoms with E-state index >= 15 is 0 Å². The number of benzene rings is 2. The molecule has 0 aliphatic heterocycles. The van der Waals surface area contributed by atoms with Crippen LogP contribution >= 0.6 is 0 Å². The fourth-order valence-corrected chi connectivity index (χ4v) is 2.16. The Morgan fingerprint density at radius 1 is 1.14 bits per heavy atom. The van der Waals surface area contributed by atoms with Crippen molar-refractivity contribution in [2.45, 2.75) is 13.0 Å². The predicted molar refractivity (Wildman–Crippen MR) is 81.2 cm³/mol. The van der Waals surface area contributed by atoms with E-state index in [0.717, 1.165) is 5.39 Å². The standard InChI is InChI=1S/C16H18N2O3/c1-10(16(21)18(2)3)17-15(20)13-9-8-11-6-4-5-7-12(11)14(13)19/h4-10,19H,1-3H3,(H,17,20). The summed E-state index contributed by atoms with van der Waals surface area (Å²) in [6.07, 6.45) is 0. The lowest BCUT2D eigenvalue weighted by Crippen LogP contribution is -2.44. The SMILES string of the molecule is CC(NC(=O)c1ccc2ccccc2c1O)C(=O)N(C)C. The Morgan fingerprint density at radius 3 is 2.48 bits per heavy atom. The van der Waals surface area contributed by atoms with Crippen LogP contribution in [0.2, 0.25) is 0 Å². The molecule has 0 aliphatic rings. The van der Waals surface area contributed by atoms with Gasteiger partial charge in [0, 0.05) is 19.5 Å². The molecule has 110 valence electrons. The molecule has 2 N–H and O–H groups in total. The molecule has 0 aliphatic carbocycles. The highest BCUT2D eigenvalue weighted by Crippen LogP contribution is 2.28. The number of likely N-dealkylation sites (N-methyl/N-ethyl adjacent to an activating group) is 1. The van der Waals surface area contributed by atoms with E-state index < -0.39 is 11.9 Å². The smallest absolute Gasteiger partial charge is 0.255 e. The maximum absolute atomic E-state index is 12.2. The van der Waals surface area contributed by atoms with Crippen LogP contribution in [0, 0.1) is 0 Å². The van der Waals surface area contributed by atoms with Gasteiger partial charge in [-0.3, -0.25) is 9.59 Å². The van der Waals surface area contributed by atoms with Gasteiger partial charge in [0.1, 0.15) is 11.8 Å². The average Bonchev–Trinajstić information content (AvgIpc) is 2.46. The van der Waals surface area contributed by atoms with Gasteiger partial charge in [0.05, 0.1) is 5.56 Å². The molecule has 0 fully saturated rings. The monoisotopic (exact) mass is 286 g/mol. The third-order valence-corrected chi connectivity index (χ3v) is 3.30. The molecule has 0 radical (unpaired) electrons. The first-order valence-electron chi connectivity index (χ1n) is 6.64. The first-order valence-corrected chi connectivity index (χ1v) is 6.64. The second-order valence-corrected chi connectivity index (χ2v) is 5.11. The highest BCUT2D eigenvalue weighted by Gasteiger charge is 2.20. The largest absolute Gasteiger partial charge is 0.506 e. The number of fused-ring (bicyclic) bond motifs is 1. The Labute approximate surface area is 123 Å². The van der Waals surface area contributed by atoms with E-state index in [2.05, 4.69) is 5.32 Å². The average molecular weight is 286 g/mol. The van der Waals surface area contributed by atoms with E-state index in [0.29, 0.717) is 5.39 Å². The maximum atomic E-state index is 12.2. The van der Waals surface area contributed by atoms with Crippen molar-refractivity contribution >= 4 is 22.6 Å². The van der Waals surface area contributed by atoms with Gasteiger partial charge in [0.25, 0.3) is 5.91 Å². The Morgan fingerprint density at radius 2 is 1.81 bits per heavy atom. The van der Waals surface area contributed by atoms with Gasteiger partial charge in [-0.15, -0.1) is 0 Å². The lowest BCUT2D eigenvalue weighted by atomic mass is 10.0. The highest BCUT2D eigenvalue weighted by molar-refractivity contribution is 6.04. The number of phenolic OH excluding ortho intramolecular Hbond substituents is 1. The molecule has 2 amide bonds. The summed E-state index contributed by atoms with van der Waals surface area (Å²) in [5, 5.41) is 14.3. The molecule has 0 aromatic heterocycles. The molecule has 0 heterocycles. The molecular formula is C16H18N2O3. The molecule has 0 saturated heterocycles. The van der Waals surface area contributed by atoms with Gasteiger partial charge in [0.15, 0.2) is 0 Å². The summed E-state index contributed by atoms with van der Waals surface area (Å²) in [6, 6.07) is 9.92. The van der Waals surface area contributed by atoms with Crippen molar-refractivity contribution in [2.75, 3.05) is 14.1 Å². The number of hydrogen-bond acceptors (Lipinski definition) is 3. The van der Waals surface area contributed by atoms with E-state index in [9.17, 15) is 14.7 Å². The van der Waals surface area contributed by atoms with Crippen molar-refractivity contribution in [1.29, 1.82) is 0 Å². The molecule has 2 aromatic carbocycles. The second kappa shape index (κ2) is 5.83. The first kappa shape index (κ1) is 14.8. The molecule has 2 rings (SSSR count). The van der Waals surface area contributed by atoms with Crippen LogP contribution in [0.4, 0.5) is 0 Å². The summed E-state index contributed by atoms with van der Waals surface area (Å²) in [4.78, 5) is 25.4. The van der Waals surface area contributed by atoms with Gasteiger partial charge >= 0.3 is 0 Å². The zero-order chi connectivity index (χ0) is 15.6. The number of phenols is 1. The van der Waals surface area contributed by atoms with Gasteiger partial charge < -0.3 is 15.3 Å². The number of aromatic hydroxyl groups is 1. The fourth-order valence-electron chi connectivity index (χ4n) is 2.16. The quantitative estimate of drug-likeness (QED) is 0.903. The molecule has 1 atom stereocenters. The lowest BCUT2D eigenvalue weighted by molar-refractivity contribution is -0.130. The van der Waals surface area contributed by atoms with Crippen molar-refractivity contribution in [2.24, 2.45) is 0 Å². The Bertz CT molecular complexity index is 695. The number of nitrogens with zero attached hydrogens (tertiary/aromatic N) is 1. The zero-order valence-electron chi connectivity index (χ0n) is 12.3. The topological polar surface area (TPSA) is 69.6 Å². The molecule has 0 spiro atoms. The van der Waals surface area contributed by atoms with Gasteiger partial charge in [-0.1, -0.05) is 30.3 Å². The molecule has 0 bridgehead atoms. The van der Waals surface area contributed by atoms with Crippen molar-refractivity contribution in [3.8, 4) is 5.75 Å². The molecule has 2 aromatic rings. The summed E-state index contributed by atoms with van der Waals surface area (Å²) in [5.74, 6) is -0.750. The van der Waals surface area contributed by atoms with E-state index in [4.69, 9.17) is 0 Å². The number of nitrogens with one attached hydrogen (secondary N) is 1. The van der Waals surface area contributed by atoms with E-state index in [1.54, 1.807) is 45.3 Å². The third kappa shape index (κ3) is 2.97. The molecule has 5 heteroatoms. The van der Waals surface area contributed by atoms with Gasteiger partial charge in [0.2, 0.25) is 5.91 Å². The number of amides is 2. The van der Waals surface area contributed by atoms with Crippen molar-refractivity contribution < 1.29 is 14.7 Å². The van der Waals surface area contributed by atoms with Crippen LogP contribution in [-0.2, 0) is 4.79 Å². The van der Waals surface area contributed by atoms with Gasteiger partial charge in [-0.25, -0.2) is 0 Å². The molecular weight excluding hydrogens is 268 g/mol. The van der Waals surface area contributed by atoms with E-state index in [-0.39, 0.29) is 17.2 Å². The fraction of sp³-hybridized carbons (Fsp3) is 0.250. The number of hydrogen-bond donors (Lipinski definition) is 2. The van der Waals surface area contributed by atoms with Crippen LogP contribution in [0.1, 0.15) is 17.3 Å². The summed E-state index contributed by atoms with van der Waals surface area (Å²) in [6.45, 7) is 1.61. The van der Waals surface area contributed by atoms with Crippen LogP contribution in [-0.4, -0.2) is 42.0 Å². The van der Waals surface area contributed by atoms with Crippen LogP contribution in [0.25, 0.3) is 10.8 Å². The molecule has 21 heavy (non-hydrogen) atoms. The molecule has 0 saturated carbocycles. The minimum atomic E-state index is -0.654. The maximum Gasteiger partial charge on any atom is 0.255 e. The molecule has 1 unspecified atom stereocenters. The van der Waals surface area contributed by atoms with Crippen molar-refractivity contribution in [3.05, 3.63) is 42.0 Å². The van der Waals surface area contributed by atoms with Crippen LogP contribution in [0.5, 0.6) is 5.75 Å². The van der Waals surface area contributed by atoms with Crippen molar-refractivity contribution in [1.82, 2.24) is 10.2 Å². The van der Waals surface area contributed by atoms with E-state index in [1.807, 2.05) is 12.1 Å². The van der Waals surface area contributed by atoms with Gasteiger partial charge in [-0.05, 0) is 18.4 Å². The van der Waals surface area contributed by atoms with Crippen LogP contribution < -0.4 is 5.32 Å². The van der Waals surface area contributed by atoms with Crippen molar-refractivity contribution in [3.63, 3.8) is 0 Å². The molecule has 5 nitrogen and oxygen atoms in total.